The Hall–Kier alpha value is -0.650. The van der Waals surface area contributed by atoms with Crippen LogP contribution in [0.2, 0.25) is 0 Å². The van der Waals surface area contributed by atoms with Gasteiger partial charge in [0.15, 0.2) is 0 Å². The highest BCUT2D eigenvalue weighted by atomic mass is 16.5. The molecule has 0 aromatic heterocycles. The number of nitrogens with zero attached hydrogens (tertiary/aromatic N) is 1. The highest BCUT2D eigenvalue weighted by molar-refractivity contribution is 5.78. The van der Waals surface area contributed by atoms with E-state index in [1.807, 2.05) is 4.90 Å². The van der Waals surface area contributed by atoms with Crippen molar-refractivity contribution >= 4 is 5.91 Å². The first-order valence-electron chi connectivity index (χ1n) is 6.98. The number of ether oxygens (including phenoxy) is 2. The van der Waals surface area contributed by atoms with Crippen molar-refractivity contribution in [2.45, 2.75) is 25.8 Å². The summed E-state index contributed by atoms with van der Waals surface area (Å²) in [5, 5.41) is 3.56. The van der Waals surface area contributed by atoms with Gasteiger partial charge in [-0.05, 0) is 19.4 Å². The van der Waals surface area contributed by atoms with Gasteiger partial charge in [0.05, 0.1) is 13.2 Å². The van der Waals surface area contributed by atoms with E-state index in [1.165, 1.54) is 0 Å². The predicted molar refractivity (Wildman–Crippen MR) is 68.4 cm³/mol. The van der Waals surface area contributed by atoms with Crippen LogP contribution in [0.1, 0.15) is 19.8 Å². The highest BCUT2D eigenvalue weighted by Gasteiger charge is 2.29. The Morgan fingerprint density at radius 3 is 3.00 bits per heavy atom. The van der Waals surface area contributed by atoms with Crippen LogP contribution in [0.15, 0.2) is 0 Å². The van der Waals surface area contributed by atoms with Crippen molar-refractivity contribution in [3.05, 3.63) is 0 Å². The number of carbonyl (C=O) groups is 1. The summed E-state index contributed by atoms with van der Waals surface area (Å²) in [7, 11) is 0. The molecule has 2 rings (SSSR count). The van der Waals surface area contributed by atoms with Crippen molar-refractivity contribution in [2.24, 2.45) is 5.92 Å². The van der Waals surface area contributed by atoms with E-state index < -0.39 is 0 Å². The third-order valence-corrected chi connectivity index (χ3v) is 3.69. The molecule has 104 valence electrons. The molecule has 2 saturated heterocycles. The summed E-state index contributed by atoms with van der Waals surface area (Å²) < 4.78 is 10.6. The van der Waals surface area contributed by atoms with Gasteiger partial charge < -0.3 is 19.7 Å². The van der Waals surface area contributed by atoms with Crippen molar-refractivity contribution < 1.29 is 14.3 Å². The molecule has 5 heteroatoms. The van der Waals surface area contributed by atoms with Crippen LogP contribution in [0, 0.1) is 5.92 Å². The van der Waals surface area contributed by atoms with Gasteiger partial charge in [-0.15, -0.1) is 0 Å². The molecule has 2 aliphatic heterocycles. The molecule has 2 unspecified atom stereocenters. The Kier molecular flexibility index (Phi) is 5.41. The molecule has 2 fully saturated rings. The maximum absolute atomic E-state index is 11.8. The summed E-state index contributed by atoms with van der Waals surface area (Å²) in [4.78, 5) is 13.7. The lowest BCUT2D eigenvalue weighted by Gasteiger charge is -2.33. The van der Waals surface area contributed by atoms with Crippen LogP contribution in [0.3, 0.4) is 0 Å². The zero-order valence-corrected chi connectivity index (χ0v) is 11.2. The summed E-state index contributed by atoms with van der Waals surface area (Å²) in [6.45, 7) is 7.24. The minimum absolute atomic E-state index is 0.114. The van der Waals surface area contributed by atoms with E-state index in [0.717, 1.165) is 45.7 Å². The summed E-state index contributed by atoms with van der Waals surface area (Å²) >= 11 is 0. The Morgan fingerprint density at radius 2 is 2.33 bits per heavy atom. The zero-order chi connectivity index (χ0) is 12.8. The van der Waals surface area contributed by atoms with Gasteiger partial charge in [0.1, 0.15) is 6.61 Å². The second-order valence-corrected chi connectivity index (χ2v) is 5.08. The number of carbonyl (C=O) groups excluding carboxylic acids is 1. The SMILES string of the molecule is CCCNC(CN1CCOCC1=O)C1CCOC1. The van der Waals surface area contributed by atoms with Gasteiger partial charge in [-0.1, -0.05) is 6.92 Å². The lowest BCUT2D eigenvalue weighted by molar-refractivity contribution is -0.143. The standard InChI is InChI=1S/C13H24N2O3/c1-2-4-14-12(11-3-6-17-9-11)8-15-5-7-18-10-13(15)16/h11-12,14H,2-10H2,1H3. The Balaban J connectivity index is 1.88. The maximum Gasteiger partial charge on any atom is 0.248 e. The largest absolute Gasteiger partial charge is 0.381 e. The quantitative estimate of drug-likeness (QED) is 0.740. The normalized spacial score (nSPS) is 26.6. The zero-order valence-electron chi connectivity index (χ0n) is 11.2. The molecule has 18 heavy (non-hydrogen) atoms. The number of morpholine rings is 1. The lowest BCUT2D eigenvalue weighted by Crippen LogP contribution is -2.51. The number of hydrogen-bond donors (Lipinski definition) is 1. The monoisotopic (exact) mass is 256 g/mol. The first-order chi connectivity index (χ1) is 8.81. The van der Waals surface area contributed by atoms with Gasteiger partial charge in [-0.25, -0.2) is 0 Å². The fraction of sp³-hybridized carbons (Fsp3) is 0.923. The predicted octanol–water partition coefficient (Wildman–Crippen LogP) is 0.250. The minimum atomic E-state index is 0.114. The Labute approximate surface area is 109 Å². The van der Waals surface area contributed by atoms with E-state index >= 15 is 0 Å². The maximum atomic E-state index is 11.8. The van der Waals surface area contributed by atoms with Crippen molar-refractivity contribution in [1.82, 2.24) is 10.2 Å². The molecule has 0 aliphatic carbocycles. The van der Waals surface area contributed by atoms with Crippen LogP contribution in [-0.2, 0) is 14.3 Å². The average Bonchev–Trinajstić information content (AvgIpc) is 2.90. The van der Waals surface area contributed by atoms with E-state index in [0.29, 0.717) is 18.6 Å². The lowest BCUT2D eigenvalue weighted by atomic mass is 9.98. The summed E-state index contributed by atoms with van der Waals surface area (Å²) in [6.07, 6.45) is 2.21. The van der Waals surface area contributed by atoms with Crippen molar-refractivity contribution in [1.29, 1.82) is 0 Å². The molecule has 0 saturated carbocycles. The molecule has 2 aliphatic rings. The van der Waals surface area contributed by atoms with Gasteiger partial charge >= 0.3 is 0 Å². The van der Waals surface area contributed by atoms with E-state index in [-0.39, 0.29) is 12.5 Å². The Bertz CT molecular complexity index is 267. The van der Waals surface area contributed by atoms with Crippen LogP contribution in [0.25, 0.3) is 0 Å². The van der Waals surface area contributed by atoms with Crippen LogP contribution in [-0.4, -0.2) is 62.9 Å². The van der Waals surface area contributed by atoms with Gasteiger partial charge in [-0.2, -0.15) is 0 Å². The molecule has 0 bridgehead atoms. The van der Waals surface area contributed by atoms with Crippen molar-refractivity contribution in [2.75, 3.05) is 46.1 Å². The third kappa shape index (κ3) is 3.67. The van der Waals surface area contributed by atoms with E-state index in [9.17, 15) is 4.79 Å². The van der Waals surface area contributed by atoms with Gasteiger partial charge in [-0.3, -0.25) is 4.79 Å². The van der Waals surface area contributed by atoms with Gasteiger partial charge in [0, 0.05) is 31.7 Å². The summed E-state index contributed by atoms with van der Waals surface area (Å²) in [6, 6.07) is 0.356. The van der Waals surface area contributed by atoms with Crippen LogP contribution >= 0.6 is 0 Å². The second-order valence-electron chi connectivity index (χ2n) is 5.08. The molecule has 0 aromatic carbocycles. The van der Waals surface area contributed by atoms with Gasteiger partial charge in [0.25, 0.3) is 0 Å². The molecule has 2 atom stereocenters. The van der Waals surface area contributed by atoms with E-state index in [1.54, 1.807) is 0 Å². The Morgan fingerprint density at radius 1 is 1.44 bits per heavy atom. The molecular weight excluding hydrogens is 232 g/mol. The molecule has 1 N–H and O–H groups in total. The fourth-order valence-corrected chi connectivity index (χ4v) is 2.56. The molecular formula is C13H24N2O3. The molecule has 5 nitrogen and oxygen atoms in total. The molecule has 1 amide bonds. The van der Waals surface area contributed by atoms with Crippen molar-refractivity contribution in [3.8, 4) is 0 Å². The van der Waals surface area contributed by atoms with Crippen LogP contribution in [0.4, 0.5) is 0 Å². The second kappa shape index (κ2) is 7.07. The van der Waals surface area contributed by atoms with Crippen molar-refractivity contribution in [3.63, 3.8) is 0 Å². The third-order valence-electron chi connectivity index (χ3n) is 3.69. The van der Waals surface area contributed by atoms with Crippen LogP contribution < -0.4 is 5.32 Å². The number of amides is 1. The molecule has 0 radical (unpaired) electrons. The van der Waals surface area contributed by atoms with Gasteiger partial charge in [0.2, 0.25) is 5.91 Å². The molecule has 2 heterocycles. The molecule has 0 aromatic rings. The highest BCUT2D eigenvalue weighted by Crippen LogP contribution is 2.18. The topological polar surface area (TPSA) is 50.8 Å². The first kappa shape index (κ1) is 13.8. The number of nitrogens with one attached hydrogen (secondary N) is 1. The smallest absolute Gasteiger partial charge is 0.248 e. The number of rotatable bonds is 6. The van der Waals surface area contributed by atoms with E-state index in [2.05, 4.69) is 12.2 Å². The number of hydrogen-bond acceptors (Lipinski definition) is 4. The summed E-state index contributed by atoms with van der Waals surface area (Å²) in [5.74, 6) is 0.649. The first-order valence-corrected chi connectivity index (χ1v) is 6.98. The fourth-order valence-electron chi connectivity index (χ4n) is 2.56. The van der Waals surface area contributed by atoms with E-state index in [4.69, 9.17) is 9.47 Å². The molecule has 0 spiro atoms. The minimum Gasteiger partial charge on any atom is -0.381 e. The van der Waals surface area contributed by atoms with Crippen LogP contribution in [0.5, 0.6) is 0 Å². The summed E-state index contributed by atoms with van der Waals surface area (Å²) in [5.41, 5.74) is 0. The average molecular weight is 256 g/mol.